The molecule has 4 nitrogen and oxygen atoms in total. The maximum Gasteiger partial charge on any atom is 0.142 e. The molecule has 0 aliphatic carbocycles. The number of nitriles is 1. The summed E-state index contributed by atoms with van der Waals surface area (Å²) in [6.07, 6.45) is 2.54. The minimum Gasteiger partial charge on any atom is -0.497 e. The molecule has 0 atom stereocenters. The maximum atomic E-state index is 8.76. The monoisotopic (exact) mass is 253 g/mol. The normalized spacial score (nSPS) is 9.68. The number of nitrogens with zero attached hydrogens (tertiary/aromatic N) is 2. The first kappa shape index (κ1) is 12.9. The Kier molecular flexibility index (Phi) is 4.35. The predicted octanol–water partition coefficient (Wildman–Crippen LogP) is 2.62. The lowest BCUT2D eigenvalue weighted by atomic mass is 10.1. The molecule has 1 aromatic heterocycles. The largest absolute Gasteiger partial charge is 0.497 e. The highest BCUT2D eigenvalue weighted by Gasteiger charge is 1.97. The van der Waals surface area contributed by atoms with Crippen LogP contribution in [0.25, 0.3) is 0 Å². The molecule has 0 amide bonds. The van der Waals surface area contributed by atoms with Crippen molar-refractivity contribution in [2.75, 3.05) is 19.0 Å². The average molecular weight is 253 g/mol. The third-order valence-corrected chi connectivity index (χ3v) is 2.78. The minimum atomic E-state index is 0.425. The molecule has 4 heteroatoms. The first-order valence-corrected chi connectivity index (χ1v) is 6.05. The molecule has 2 rings (SSSR count). The fourth-order valence-corrected chi connectivity index (χ4v) is 1.75. The molecular formula is C15H15N3O. The minimum absolute atomic E-state index is 0.425. The highest BCUT2D eigenvalue weighted by atomic mass is 16.5. The van der Waals surface area contributed by atoms with Gasteiger partial charge in [-0.3, -0.25) is 0 Å². The van der Waals surface area contributed by atoms with E-state index in [4.69, 9.17) is 10.00 Å². The second kappa shape index (κ2) is 6.41. The van der Waals surface area contributed by atoms with E-state index in [0.29, 0.717) is 5.69 Å². The Morgan fingerprint density at radius 3 is 2.74 bits per heavy atom. The molecule has 0 aliphatic rings. The first-order chi connectivity index (χ1) is 9.31. The van der Waals surface area contributed by atoms with Crippen LogP contribution in [0.2, 0.25) is 0 Å². The Morgan fingerprint density at radius 1 is 1.26 bits per heavy atom. The van der Waals surface area contributed by atoms with Crippen molar-refractivity contribution in [3.63, 3.8) is 0 Å². The quantitative estimate of drug-likeness (QED) is 0.889. The molecule has 0 spiro atoms. The molecule has 2 aromatic rings. The van der Waals surface area contributed by atoms with E-state index in [9.17, 15) is 0 Å². The van der Waals surface area contributed by atoms with Gasteiger partial charge in [0.2, 0.25) is 0 Å². The standard InChI is InChI=1S/C15H15N3O/c1-19-15-4-2-12(3-5-15)6-8-17-13-7-9-18-14(10-13)11-16/h2-5,7,9-10H,6,8H2,1H3,(H,17,18). The van der Waals surface area contributed by atoms with Crippen LogP contribution in [0.3, 0.4) is 0 Å². The van der Waals surface area contributed by atoms with Crippen LogP contribution in [0.15, 0.2) is 42.6 Å². The Hall–Kier alpha value is -2.54. The summed E-state index contributed by atoms with van der Waals surface area (Å²) in [5.41, 5.74) is 2.58. The number of anilines is 1. The van der Waals surface area contributed by atoms with Gasteiger partial charge >= 0.3 is 0 Å². The summed E-state index contributed by atoms with van der Waals surface area (Å²) in [7, 11) is 1.66. The second-order valence-corrected chi connectivity index (χ2v) is 4.07. The van der Waals surface area contributed by atoms with Gasteiger partial charge in [-0.1, -0.05) is 12.1 Å². The van der Waals surface area contributed by atoms with Crippen molar-refractivity contribution in [3.05, 3.63) is 53.9 Å². The maximum absolute atomic E-state index is 8.76. The Bertz CT molecular complexity index is 573. The van der Waals surface area contributed by atoms with Gasteiger partial charge in [0.15, 0.2) is 0 Å². The molecule has 1 heterocycles. The van der Waals surface area contributed by atoms with Gasteiger partial charge in [-0.2, -0.15) is 5.26 Å². The molecule has 0 saturated heterocycles. The van der Waals surface area contributed by atoms with E-state index in [1.807, 2.05) is 36.4 Å². The fraction of sp³-hybridized carbons (Fsp3) is 0.200. The zero-order valence-corrected chi connectivity index (χ0v) is 10.8. The van der Waals surface area contributed by atoms with E-state index in [2.05, 4.69) is 10.3 Å². The van der Waals surface area contributed by atoms with Gasteiger partial charge in [0.25, 0.3) is 0 Å². The molecule has 96 valence electrons. The molecule has 0 radical (unpaired) electrons. The van der Waals surface area contributed by atoms with Crippen LogP contribution < -0.4 is 10.1 Å². The van der Waals surface area contributed by atoms with Crippen LogP contribution in [0.1, 0.15) is 11.3 Å². The highest BCUT2D eigenvalue weighted by Crippen LogP contribution is 2.12. The van der Waals surface area contributed by atoms with Gasteiger partial charge < -0.3 is 10.1 Å². The number of hydrogen-bond acceptors (Lipinski definition) is 4. The van der Waals surface area contributed by atoms with Gasteiger partial charge in [-0.05, 0) is 36.2 Å². The third-order valence-electron chi connectivity index (χ3n) is 2.78. The van der Waals surface area contributed by atoms with Crippen molar-refractivity contribution in [2.45, 2.75) is 6.42 Å². The molecule has 0 saturated carbocycles. The molecule has 1 aromatic carbocycles. The van der Waals surface area contributed by atoms with Gasteiger partial charge in [-0.15, -0.1) is 0 Å². The number of pyridine rings is 1. The molecule has 0 bridgehead atoms. The van der Waals surface area contributed by atoms with Crippen LogP contribution in [0.4, 0.5) is 5.69 Å². The van der Waals surface area contributed by atoms with Crippen molar-refractivity contribution in [1.29, 1.82) is 5.26 Å². The summed E-state index contributed by atoms with van der Waals surface area (Å²) >= 11 is 0. The number of aromatic nitrogens is 1. The zero-order valence-electron chi connectivity index (χ0n) is 10.8. The van der Waals surface area contributed by atoms with Crippen molar-refractivity contribution in [3.8, 4) is 11.8 Å². The number of methoxy groups -OCH3 is 1. The van der Waals surface area contributed by atoms with Crippen LogP contribution in [0.5, 0.6) is 5.75 Å². The van der Waals surface area contributed by atoms with Gasteiger partial charge in [0.05, 0.1) is 7.11 Å². The molecule has 19 heavy (non-hydrogen) atoms. The average Bonchev–Trinajstić information content (AvgIpc) is 2.48. The number of ether oxygens (including phenoxy) is 1. The second-order valence-electron chi connectivity index (χ2n) is 4.07. The van der Waals surface area contributed by atoms with E-state index in [-0.39, 0.29) is 0 Å². The summed E-state index contributed by atoms with van der Waals surface area (Å²) in [5, 5.41) is 12.0. The summed E-state index contributed by atoms with van der Waals surface area (Å²) in [5.74, 6) is 0.865. The lowest BCUT2D eigenvalue weighted by molar-refractivity contribution is 0.414. The van der Waals surface area contributed by atoms with Crippen molar-refractivity contribution in [2.24, 2.45) is 0 Å². The Labute approximate surface area is 112 Å². The predicted molar refractivity (Wildman–Crippen MR) is 74.1 cm³/mol. The first-order valence-electron chi connectivity index (χ1n) is 6.05. The van der Waals surface area contributed by atoms with E-state index in [0.717, 1.165) is 24.4 Å². The Balaban J connectivity index is 1.87. The van der Waals surface area contributed by atoms with Crippen LogP contribution >= 0.6 is 0 Å². The summed E-state index contributed by atoms with van der Waals surface area (Å²) in [6, 6.07) is 13.6. The highest BCUT2D eigenvalue weighted by molar-refractivity contribution is 5.46. The summed E-state index contributed by atoms with van der Waals surface area (Å²) in [4.78, 5) is 3.93. The van der Waals surface area contributed by atoms with Crippen molar-refractivity contribution >= 4 is 5.69 Å². The smallest absolute Gasteiger partial charge is 0.142 e. The molecule has 0 unspecified atom stereocenters. The lowest BCUT2D eigenvalue weighted by Crippen LogP contribution is -2.05. The van der Waals surface area contributed by atoms with Gasteiger partial charge in [0.1, 0.15) is 17.5 Å². The summed E-state index contributed by atoms with van der Waals surface area (Å²) in [6.45, 7) is 0.807. The van der Waals surface area contributed by atoms with Crippen LogP contribution in [-0.2, 0) is 6.42 Å². The SMILES string of the molecule is COc1ccc(CCNc2ccnc(C#N)c2)cc1. The molecule has 1 N–H and O–H groups in total. The summed E-state index contributed by atoms with van der Waals surface area (Å²) < 4.78 is 5.12. The topological polar surface area (TPSA) is 57.9 Å². The van der Waals surface area contributed by atoms with Gasteiger partial charge in [0, 0.05) is 18.4 Å². The van der Waals surface area contributed by atoms with Crippen molar-refractivity contribution in [1.82, 2.24) is 4.98 Å². The van der Waals surface area contributed by atoms with E-state index in [1.54, 1.807) is 19.4 Å². The van der Waals surface area contributed by atoms with E-state index in [1.165, 1.54) is 5.56 Å². The molecular weight excluding hydrogens is 238 g/mol. The third kappa shape index (κ3) is 3.71. The van der Waals surface area contributed by atoms with E-state index < -0.39 is 0 Å². The van der Waals surface area contributed by atoms with Crippen LogP contribution in [0, 0.1) is 11.3 Å². The molecule has 0 aliphatic heterocycles. The zero-order chi connectivity index (χ0) is 13.5. The van der Waals surface area contributed by atoms with Crippen LogP contribution in [-0.4, -0.2) is 18.6 Å². The van der Waals surface area contributed by atoms with E-state index >= 15 is 0 Å². The van der Waals surface area contributed by atoms with Gasteiger partial charge in [-0.25, -0.2) is 4.98 Å². The fourth-order valence-electron chi connectivity index (χ4n) is 1.75. The number of rotatable bonds is 5. The molecule has 0 fully saturated rings. The number of hydrogen-bond donors (Lipinski definition) is 1. The lowest BCUT2D eigenvalue weighted by Gasteiger charge is -2.07. The van der Waals surface area contributed by atoms with Crippen molar-refractivity contribution < 1.29 is 4.74 Å². The number of nitrogens with one attached hydrogen (secondary N) is 1. The Morgan fingerprint density at radius 2 is 2.05 bits per heavy atom. The number of benzene rings is 1.